The molecule has 0 bridgehead atoms. The number of aliphatic carboxylic acids is 1. The van der Waals surface area contributed by atoms with Crippen LogP contribution in [0.25, 0.3) is 0 Å². The molecule has 1 aliphatic heterocycles. The van der Waals surface area contributed by atoms with Crippen molar-refractivity contribution in [1.29, 1.82) is 0 Å². The molecule has 45 heavy (non-hydrogen) atoms. The SMILES string of the molecule is COc1ccc(CC[C@@H](OC(=O)[C@@H]2CCCCN2C(=O)[C@@H]2CCCc3ccccc32)c2cccc(OCC(=O)O)c2)cc1OC. The second-order valence-corrected chi connectivity index (χ2v) is 11.6. The van der Waals surface area contributed by atoms with Gasteiger partial charge in [-0.3, -0.25) is 4.79 Å². The Bertz CT molecular complexity index is 1500. The maximum atomic E-state index is 14.0. The molecular weight excluding hydrogens is 574 g/mol. The summed E-state index contributed by atoms with van der Waals surface area (Å²) >= 11 is 0. The van der Waals surface area contributed by atoms with Gasteiger partial charge in [-0.15, -0.1) is 0 Å². The number of hydrogen-bond acceptors (Lipinski definition) is 7. The van der Waals surface area contributed by atoms with Crippen LogP contribution in [0, 0.1) is 0 Å². The fraction of sp³-hybridized carbons (Fsp3) is 0.417. The molecule has 3 aromatic rings. The Morgan fingerprint density at radius 1 is 0.911 bits per heavy atom. The number of carboxylic acids is 1. The fourth-order valence-electron chi connectivity index (χ4n) is 6.45. The number of esters is 1. The number of fused-ring (bicyclic) bond motifs is 1. The summed E-state index contributed by atoms with van der Waals surface area (Å²) in [5.41, 5.74) is 3.93. The lowest BCUT2D eigenvalue weighted by Gasteiger charge is -2.38. The van der Waals surface area contributed by atoms with Gasteiger partial charge in [0.25, 0.3) is 0 Å². The summed E-state index contributed by atoms with van der Waals surface area (Å²) in [7, 11) is 3.16. The first-order chi connectivity index (χ1) is 21.9. The summed E-state index contributed by atoms with van der Waals surface area (Å²) in [6.07, 6.45) is 5.24. The molecule has 1 N–H and O–H groups in total. The number of carboxylic acid groups (broad SMARTS) is 1. The molecule has 3 aromatic carbocycles. The van der Waals surface area contributed by atoms with Crippen molar-refractivity contribution in [3.05, 3.63) is 89.0 Å². The zero-order valence-electron chi connectivity index (χ0n) is 25.9. The van der Waals surface area contributed by atoms with E-state index in [4.69, 9.17) is 24.1 Å². The third-order valence-corrected chi connectivity index (χ3v) is 8.72. The van der Waals surface area contributed by atoms with Crippen LogP contribution >= 0.6 is 0 Å². The Labute approximate surface area is 264 Å². The van der Waals surface area contributed by atoms with E-state index in [2.05, 4.69) is 6.07 Å². The van der Waals surface area contributed by atoms with Crippen LogP contribution in [0.1, 0.15) is 72.8 Å². The van der Waals surface area contributed by atoms with Crippen LogP contribution in [0.5, 0.6) is 17.2 Å². The van der Waals surface area contributed by atoms with Crippen molar-refractivity contribution in [3.8, 4) is 17.2 Å². The lowest BCUT2D eigenvalue weighted by molar-refractivity contribution is -0.162. The lowest BCUT2D eigenvalue weighted by atomic mass is 9.81. The van der Waals surface area contributed by atoms with Crippen molar-refractivity contribution in [2.75, 3.05) is 27.4 Å². The number of methoxy groups -OCH3 is 2. The molecule has 1 amide bonds. The van der Waals surface area contributed by atoms with Crippen LogP contribution in [0.3, 0.4) is 0 Å². The molecule has 1 aliphatic carbocycles. The molecule has 0 unspecified atom stereocenters. The maximum Gasteiger partial charge on any atom is 0.341 e. The van der Waals surface area contributed by atoms with Crippen LogP contribution in [-0.2, 0) is 32.0 Å². The van der Waals surface area contributed by atoms with Gasteiger partial charge < -0.3 is 29.0 Å². The number of aryl methyl sites for hydroxylation is 2. The van der Waals surface area contributed by atoms with E-state index in [-0.39, 0.29) is 11.8 Å². The quantitative estimate of drug-likeness (QED) is 0.251. The van der Waals surface area contributed by atoms with E-state index in [0.29, 0.717) is 48.6 Å². The highest BCUT2D eigenvalue weighted by Gasteiger charge is 2.39. The zero-order valence-corrected chi connectivity index (χ0v) is 25.9. The lowest BCUT2D eigenvalue weighted by Crippen LogP contribution is -2.50. The summed E-state index contributed by atoms with van der Waals surface area (Å²) in [6.45, 7) is 0.0368. The molecular formula is C36H41NO8. The topological polar surface area (TPSA) is 112 Å². The van der Waals surface area contributed by atoms with E-state index >= 15 is 0 Å². The van der Waals surface area contributed by atoms with Gasteiger partial charge in [0.15, 0.2) is 18.1 Å². The van der Waals surface area contributed by atoms with Crippen molar-refractivity contribution in [3.63, 3.8) is 0 Å². The van der Waals surface area contributed by atoms with E-state index in [1.807, 2.05) is 42.5 Å². The van der Waals surface area contributed by atoms with Gasteiger partial charge in [-0.2, -0.15) is 0 Å². The predicted molar refractivity (Wildman–Crippen MR) is 168 cm³/mol. The largest absolute Gasteiger partial charge is 0.493 e. The fourth-order valence-corrected chi connectivity index (χ4v) is 6.45. The van der Waals surface area contributed by atoms with Crippen molar-refractivity contribution in [2.24, 2.45) is 0 Å². The number of benzene rings is 3. The van der Waals surface area contributed by atoms with E-state index < -0.39 is 30.7 Å². The average Bonchev–Trinajstić information content (AvgIpc) is 3.08. The number of rotatable bonds is 12. The summed E-state index contributed by atoms with van der Waals surface area (Å²) in [5, 5.41) is 9.08. The number of amides is 1. The molecule has 238 valence electrons. The Morgan fingerprint density at radius 3 is 2.53 bits per heavy atom. The minimum Gasteiger partial charge on any atom is -0.493 e. The second kappa shape index (κ2) is 15.0. The first-order valence-corrected chi connectivity index (χ1v) is 15.6. The highest BCUT2D eigenvalue weighted by Crippen LogP contribution is 2.36. The van der Waals surface area contributed by atoms with Crippen LogP contribution in [0.4, 0.5) is 0 Å². The van der Waals surface area contributed by atoms with Crippen LogP contribution in [-0.4, -0.2) is 61.3 Å². The Balaban J connectivity index is 1.37. The smallest absolute Gasteiger partial charge is 0.341 e. The Kier molecular flexibility index (Phi) is 10.6. The van der Waals surface area contributed by atoms with E-state index in [1.165, 1.54) is 5.56 Å². The molecule has 0 spiro atoms. The minimum atomic E-state index is -1.08. The van der Waals surface area contributed by atoms with Gasteiger partial charge in [-0.25, -0.2) is 9.59 Å². The van der Waals surface area contributed by atoms with Crippen molar-refractivity contribution >= 4 is 17.8 Å². The molecule has 0 radical (unpaired) electrons. The standard InChI is InChI=1S/C36H41NO8/c1-42-32-19-17-24(21-33(32)43-2)16-18-31(26-11-7-12-27(22-26)44-23-34(38)39)45-36(41)30-15-5-6-20-37(30)35(40)29-14-8-10-25-9-3-4-13-28(25)29/h3-4,7,9,11-13,17,19,21-22,29-31H,5-6,8,10,14-16,18,20,23H2,1-2H3,(H,38,39)/t29-,30+,31-/m1/s1. The normalized spacial score (nSPS) is 18.3. The van der Waals surface area contributed by atoms with E-state index in [1.54, 1.807) is 37.3 Å². The predicted octanol–water partition coefficient (Wildman–Crippen LogP) is 5.89. The van der Waals surface area contributed by atoms with Crippen LogP contribution < -0.4 is 14.2 Å². The minimum absolute atomic E-state index is 0.00486. The number of nitrogens with zero attached hydrogens (tertiary/aromatic N) is 1. The molecule has 2 aliphatic rings. The number of carbonyl (C=O) groups excluding carboxylic acids is 2. The highest BCUT2D eigenvalue weighted by atomic mass is 16.5. The number of ether oxygens (including phenoxy) is 4. The van der Waals surface area contributed by atoms with Gasteiger partial charge >= 0.3 is 11.9 Å². The molecule has 1 heterocycles. The van der Waals surface area contributed by atoms with Crippen molar-refractivity contribution in [2.45, 2.75) is 69.4 Å². The molecule has 3 atom stereocenters. The van der Waals surface area contributed by atoms with E-state index in [0.717, 1.165) is 43.2 Å². The average molecular weight is 616 g/mol. The maximum absolute atomic E-state index is 14.0. The van der Waals surface area contributed by atoms with Gasteiger partial charge in [0.05, 0.1) is 20.1 Å². The Morgan fingerprint density at radius 2 is 1.73 bits per heavy atom. The molecule has 0 aromatic heterocycles. The number of piperidine rings is 1. The molecule has 9 heteroatoms. The Hall–Kier alpha value is -4.53. The third-order valence-electron chi connectivity index (χ3n) is 8.72. The van der Waals surface area contributed by atoms with Crippen LogP contribution in [0.2, 0.25) is 0 Å². The van der Waals surface area contributed by atoms with Gasteiger partial charge in [-0.1, -0.05) is 42.5 Å². The second-order valence-electron chi connectivity index (χ2n) is 11.6. The van der Waals surface area contributed by atoms with Crippen molar-refractivity contribution < 1.29 is 38.4 Å². The highest BCUT2D eigenvalue weighted by molar-refractivity contribution is 5.89. The van der Waals surface area contributed by atoms with Gasteiger partial charge in [0.1, 0.15) is 17.9 Å². The summed E-state index contributed by atoms with van der Waals surface area (Å²) in [5.74, 6) is -0.182. The number of carbonyl (C=O) groups is 3. The monoisotopic (exact) mass is 615 g/mol. The van der Waals surface area contributed by atoms with Crippen LogP contribution in [0.15, 0.2) is 66.7 Å². The molecule has 9 nitrogen and oxygen atoms in total. The number of hydrogen-bond donors (Lipinski definition) is 1. The summed E-state index contributed by atoms with van der Waals surface area (Å²) < 4.78 is 22.5. The zero-order chi connectivity index (χ0) is 31.8. The number of likely N-dealkylation sites (tertiary alicyclic amines) is 1. The molecule has 1 saturated heterocycles. The van der Waals surface area contributed by atoms with Gasteiger partial charge in [0.2, 0.25) is 5.91 Å². The van der Waals surface area contributed by atoms with E-state index in [9.17, 15) is 14.4 Å². The van der Waals surface area contributed by atoms with Crippen molar-refractivity contribution in [1.82, 2.24) is 4.90 Å². The first kappa shape index (κ1) is 31.9. The third kappa shape index (κ3) is 7.77. The summed E-state index contributed by atoms with van der Waals surface area (Å²) in [4.78, 5) is 40.8. The van der Waals surface area contributed by atoms with Gasteiger partial charge in [0, 0.05) is 6.54 Å². The molecule has 1 fully saturated rings. The molecule has 5 rings (SSSR count). The molecule has 0 saturated carbocycles. The first-order valence-electron chi connectivity index (χ1n) is 15.6. The van der Waals surface area contributed by atoms with Gasteiger partial charge in [-0.05, 0) is 97.9 Å². The summed E-state index contributed by atoms with van der Waals surface area (Å²) in [6, 6.07) is 20.1.